The van der Waals surface area contributed by atoms with Crippen LogP contribution in [0, 0.1) is 12.8 Å². The van der Waals surface area contributed by atoms with E-state index in [1.165, 1.54) is 10.4 Å². The molecular formula is C15H21NO3S. The Morgan fingerprint density at radius 3 is 2.70 bits per heavy atom. The van der Waals surface area contributed by atoms with Gasteiger partial charge in [-0.3, -0.25) is 9.59 Å². The molecule has 0 spiro atoms. The topological polar surface area (TPSA) is 57.6 Å². The van der Waals surface area contributed by atoms with Crippen LogP contribution in [0.4, 0.5) is 0 Å². The number of carboxylic acid groups (broad SMARTS) is 1. The lowest BCUT2D eigenvalue weighted by Gasteiger charge is -2.26. The van der Waals surface area contributed by atoms with E-state index < -0.39 is 5.97 Å². The SMILES string of the molecule is Cc1ccsc1[C@H]1C[C@@H]1C(=O)N(CCC(=O)O)C(C)C. The van der Waals surface area contributed by atoms with Crippen molar-refractivity contribution in [2.75, 3.05) is 6.54 Å². The smallest absolute Gasteiger partial charge is 0.305 e. The van der Waals surface area contributed by atoms with E-state index in [0.29, 0.717) is 12.5 Å². The third-order valence-electron chi connectivity index (χ3n) is 3.82. The van der Waals surface area contributed by atoms with Gasteiger partial charge in [-0.1, -0.05) is 0 Å². The molecule has 1 aromatic rings. The average molecular weight is 295 g/mol. The highest BCUT2D eigenvalue weighted by Crippen LogP contribution is 2.51. The fourth-order valence-electron chi connectivity index (χ4n) is 2.57. The summed E-state index contributed by atoms with van der Waals surface area (Å²) in [4.78, 5) is 26.2. The molecule has 0 aliphatic heterocycles. The van der Waals surface area contributed by atoms with E-state index in [1.807, 2.05) is 13.8 Å². The predicted octanol–water partition coefficient (Wildman–Crippen LogP) is 2.87. The zero-order chi connectivity index (χ0) is 14.9. The van der Waals surface area contributed by atoms with Crippen molar-refractivity contribution in [3.8, 4) is 0 Å². The summed E-state index contributed by atoms with van der Waals surface area (Å²) in [5.74, 6) is -0.360. The van der Waals surface area contributed by atoms with Crippen LogP contribution >= 0.6 is 11.3 Å². The van der Waals surface area contributed by atoms with E-state index in [1.54, 1.807) is 16.2 Å². The number of carbonyl (C=O) groups excluding carboxylic acids is 1. The maximum absolute atomic E-state index is 12.5. The predicted molar refractivity (Wildman–Crippen MR) is 79.0 cm³/mol. The van der Waals surface area contributed by atoms with Gasteiger partial charge in [0.2, 0.25) is 5.91 Å². The van der Waals surface area contributed by atoms with E-state index >= 15 is 0 Å². The van der Waals surface area contributed by atoms with Crippen molar-refractivity contribution >= 4 is 23.2 Å². The van der Waals surface area contributed by atoms with Gasteiger partial charge in [0.1, 0.15) is 0 Å². The van der Waals surface area contributed by atoms with E-state index in [9.17, 15) is 9.59 Å². The molecule has 1 amide bonds. The minimum absolute atomic E-state index is 0.0132. The number of hydrogen-bond acceptors (Lipinski definition) is 3. The fraction of sp³-hybridized carbons (Fsp3) is 0.600. The van der Waals surface area contributed by atoms with Crippen molar-refractivity contribution in [3.05, 3.63) is 21.9 Å². The molecule has 0 unspecified atom stereocenters. The van der Waals surface area contributed by atoms with Gasteiger partial charge in [0.25, 0.3) is 0 Å². The highest BCUT2D eigenvalue weighted by atomic mass is 32.1. The Bertz CT molecular complexity index is 509. The van der Waals surface area contributed by atoms with Gasteiger partial charge < -0.3 is 10.0 Å². The summed E-state index contributed by atoms with van der Waals surface area (Å²) in [5.41, 5.74) is 1.26. The molecule has 1 heterocycles. The summed E-state index contributed by atoms with van der Waals surface area (Å²) in [6.45, 7) is 6.26. The number of aryl methyl sites for hydroxylation is 1. The second-order valence-electron chi connectivity index (χ2n) is 5.69. The molecule has 2 atom stereocenters. The third-order valence-corrected chi connectivity index (χ3v) is 4.97. The van der Waals surface area contributed by atoms with E-state index in [4.69, 9.17) is 5.11 Å². The van der Waals surface area contributed by atoms with E-state index in [0.717, 1.165) is 6.42 Å². The van der Waals surface area contributed by atoms with Crippen LogP contribution in [-0.4, -0.2) is 34.5 Å². The van der Waals surface area contributed by atoms with Gasteiger partial charge in [0, 0.05) is 29.3 Å². The normalized spacial score (nSPS) is 21.0. The molecule has 1 saturated carbocycles. The summed E-state index contributed by atoms with van der Waals surface area (Å²) in [5, 5.41) is 10.8. The van der Waals surface area contributed by atoms with Crippen LogP contribution in [0.2, 0.25) is 0 Å². The van der Waals surface area contributed by atoms with Gasteiger partial charge >= 0.3 is 5.97 Å². The van der Waals surface area contributed by atoms with Crippen LogP contribution in [0.5, 0.6) is 0 Å². The minimum Gasteiger partial charge on any atom is -0.481 e. The number of rotatable bonds is 6. The molecule has 1 aliphatic carbocycles. The van der Waals surface area contributed by atoms with Crippen LogP contribution in [0.25, 0.3) is 0 Å². The fourth-order valence-corrected chi connectivity index (χ4v) is 3.68. The molecule has 1 aliphatic rings. The maximum atomic E-state index is 12.5. The Labute approximate surface area is 123 Å². The summed E-state index contributed by atoms with van der Waals surface area (Å²) in [7, 11) is 0. The lowest BCUT2D eigenvalue weighted by molar-refractivity contribution is -0.139. The van der Waals surface area contributed by atoms with E-state index in [2.05, 4.69) is 18.4 Å². The Morgan fingerprint density at radius 2 is 2.20 bits per heavy atom. The molecule has 0 aromatic carbocycles. The van der Waals surface area contributed by atoms with Crippen LogP contribution in [0.1, 0.15) is 43.0 Å². The first-order chi connectivity index (χ1) is 9.41. The summed E-state index contributed by atoms with van der Waals surface area (Å²) >= 11 is 1.71. The Hall–Kier alpha value is -1.36. The highest BCUT2D eigenvalue weighted by molar-refractivity contribution is 7.10. The van der Waals surface area contributed by atoms with Crippen molar-refractivity contribution in [3.63, 3.8) is 0 Å². The minimum atomic E-state index is -0.857. The second kappa shape index (κ2) is 5.95. The first kappa shape index (κ1) is 15.0. The lowest BCUT2D eigenvalue weighted by Crippen LogP contribution is -2.39. The van der Waals surface area contributed by atoms with Crippen molar-refractivity contribution in [1.29, 1.82) is 0 Å². The number of carboxylic acids is 1. The maximum Gasteiger partial charge on any atom is 0.305 e. The van der Waals surface area contributed by atoms with Crippen molar-refractivity contribution in [2.45, 2.75) is 45.6 Å². The van der Waals surface area contributed by atoms with Crippen LogP contribution in [-0.2, 0) is 9.59 Å². The lowest BCUT2D eigenvalue weighted by atomic mass is 10.1. The van der Waals surface area contributed by atoms with Gasteiger partial charge in [0.15, 0.2) is 0 Å². The molecule has 20 heavy (non-hydrogen) atoms. The summed E-state index contributed by atoms with van der Waals surface area (Å²) in [6.07, 6.45) is 0.913. The first-order valence-corrected chi connectivity index (χ1v) is 7.86. The number of amides is 1. The van der Waals surface area contributed by atoms with Gasteiger partial charge in [-0.15, -0.1) is 11.3 Å². The number of carbonyl (C=O) groups is 2. The molecular weight excluding hydrogens is 274 g/mol. The van der Waals surface area contributed by atoms with Crippen LogP contribution < -0.4 is 0 Å². The van der Waals surface area contributed by atoms with Gasteiger partial charge in [-0.2, -0.15) is 0 Å². The number of nitrogens with zero attached hydrogens (tertiary/aromatic N) is 1. The van der Waals surface area contributed by atoms with Crippen molar-refractivity contribution in [2.24, 2.45) is 5.92 Å². The molecule has 0 saturated heterocycles. The van der Waals surface area contributed by atoms with Crippen molar-refractivity contribution in [1.82, 2.24) is 4.90 Å². The van der Waals surface area contributed by atoms with Crippen molar-refractivity contribution < 1.29 is 14.7 Å². The molecule has 1 aromatic heterocycles. The number of aliphatic carboxylic acids is 1. The zero-order valence-corrected chi connectivity index (χ0v) is 12.9. The largest absolute Gasteiger partial charge is 0.481 e. The van der Waals surface area contributed by atoms with Gasteiger partial charge in [-0.25, -0.2) is 0 Å². The monoisotopic (exact) mass is 295 g/mol. The number of hydrogen-bond donors (Lipinski definition) is 1. The molecule has 1 N–H and O–H groups in total. The quantitative estimate of drug-likeness (QED) is 0.878. The molecule has 0 radical (unpaired) electrons. The van der Waals surface area contributed by atoms with E-state index in [-0.39, 0.29) is 24.3 Å². The molecule has 4 nitrogen and oxygen atoms in total. The third kappa shape index (κ3) is 3.20. The highest BCUT2D eigenvalue weighted by Gasteiger charge is 2.47. The molecule has 0 bridgehead atoms. The van der Waals surface area contributed by atoms with Gasteiger partial charge in [0.05, 0.1) is 6.42 Å². The van der Waals surface area contributed by atoms with Crippen LogP contribution in [0.3, 0.4) is 0 Å². The first-order valence-electron chi connectivity index (χ1n) is 6.98. The number of thiophene rings is 1. The molecule has 1 fully saturated rings. The van der Waals surface area contributed by atoms with Crippen LogP contribution in [0.15, 0.2) is 11.4 Å². The summed E-state index contributed by atoms with van der Waals surface area (Å²) < 4.78 is 0. The Morgan fingerprint density at radius 1 is 1.50 bits per heavy atom. The Kier molecular flexibility index (Phi) is 4.48. The second-order valence-corrected chi connectivity index (χ2v) is 6.63. The molecule has 2 rings (SSSR count). The molecule has 110 valence electrons. The Balaban J connectivity index is 2.00. The van der Waals surface area contributed by atoms with Gasteiger partial charge in [-0.05, 0) is 44.2 Å². The zero-order valence-electron chi connectivity index (χ0n) is 12.1. The summed E-state index contributed by atoms with van der Waals surface area (Å²) in [6, 6.07) is 2.14. The average Bonchev–Trinajstić information content (AvgIpc) is 3.04. The standard InChI is InChI=1S/C15H21NO3S/c1-9(2)16(6-4-13(17)18)15(19)12-8-11(12)14-10(3)5-7-20-14/h5,7,9,11-12H,4,6,8H2,1-3H3,(H,17,18)/t11-,12-/m0/s1. The molecule has 5 heteroatoms.